The number of aromatic amines is 1. The third-order valence-electron chi connectivity index (χ3n) is 6.07. The predicted molar refractivity (Wildman–Crippen MR) is 140 cm³/mol. The summed E-state index contributed by atoms with van der Waals surface area (Å²) in [7, 11) is 0. The van der Waals surface area contributed by atoms with Crippen LogP contribution in [0.25, 0.3) is 10.9 Å². The molecule has 1 aliphatic rings. The number of thioether (sulfide) groups is 2. The molecule has 4 aromatic rings. The first-order valence-corrected chi connectivity index (χ1v) is 13.6. The van der Waals surface area contributed by atoms with E-state index in [0.29, 0.717) is 27.5 Å². The standard InChI is InChI=1S/C26H24ClN3O2S2/c1-16-6-11-23-21(12-16)20-4-2-3-5-22(20)30(23)25(32)15-34-26-28-18(13-24(31)29-26)14-33-19-9-7-17(27)8-10-19/h2-5,7-10,13,16H,6,11-12,14-15H2,1H3,(H,28,29,31). The molecule has 0 spiro atoms. The summed E-state index contributed by atoms with van der Waals surface area (Å²) in [4.78, 5) is 34.0. The molecule has 1 N–H and O–H groups in total. The van der Waals surface area contributed by atoms with E-state index in [9.17, 15) is 9.59 Å². The van der Waals surface area contributed by atoms with Crippen LogP contribution in [0.5, 0.6) is 0 Å². The first-order valence-electron chi connectivity index (χ1n) is 11.2. The predicted octanol–water partition coefficient (Wildman–Crippen LogP) is 6.23. The lowest BCUT2D eigenvalue weighted by Gasteiger charge is -2.20. The van der Waals surface area contributed by atoms with Gasteiger partial charge in [0.25, 0.3) is 5.56 Å². The maximum atomic E-state index is 13.4. The van der Waals surface area contributed by atoms with Gasteiger partial charge in [0.1, 0.15) is 0 Å². The van der Waals surface area contributed by atoms with Crippen LogP contribution >= 0.6 is 35.1 Å². The first kappa shape index (κ1) is 23.3. The minimum Gasteiger partial charge on any atom is -0.301 e. The molecular formula is C26H24ClN3O2S2. The summed E-state index contributed by atoms with van der Waals surface area (Å²) in [5.74, 6) is 1.40. The van der Waals surface area contributed by atoms with Crippen LogP contribution in [0.3, 0.4) is 0 Å². The molecule has 0 fully saturated rings. The molecule has 0 saturated carbocycles. The zero-order chi connectivity index (χ0) is 23.7. The van der Waals surface area contributed by atoms with Crippen molar-refractivity contribution in [3.63, 3.8) is 0 Å². The fourth-order valence-corrected chi connectivity index (χ4v) is 6.14. The molecule has 1 aliphatic carbocycles. The van der Waals surface area contributed by atoms with E-state index in [1.165, 1.54) is 28.8 Å². The van der Waals surface area contributed by atoms with Crippen LogP contribution in [-0.2, 0) is 18.6 Å². The van der Waals surface area contributed by atoms with Crippen molar-refractivity contribution in [3.05, 3.63) is 86.9 Å². The number of carbonyl (C=O) groups is 1. The molecule has 8 heteroatoms. The van der Waals surface area contributed by atoms with E-state index in [0.717, 1.165) is 35.4 Å². The number of halogens is 1. The second-order valence-electron chi connectivity index (χ2n) is 8.59. The Hall–Kier alpha value is -2.48. The molecule has 1 unspecified atom stereocenters. The number of hydrogen-bond acceptors (Lipinski definition) is 5. The Morgan fingerprint density at radius 3 is 2.79 bits per heavy atom. The number of carbonyl (C=O) groups excluding carboxylic acids is 1. The van der Waals surface area contributed by atoms with Crippen molar-refractivity contribution in [2.24, 2.45) is 5.92 Å². The van der Waals surface area contributed by atoms with Gasteiger partial charge < -0.3 is 4.98 Å². The molecular weight excluding hydrogens is 486 g/mol. The van der Waals surface area contributed by atoms with Crippen molar-refractivity contribution < 1.29 is 4.79 Å². The number of nitrogens with zero attached hydrogens (tertiary/aromatic N) is 2. The molecule has 0 saturated heterocycles. The molecule has 0 amide bonds. The number of rotatable bonds is 6. The van der Waals surface area contributed by atoms with Gasteiger partial charge in [-0.05, 0) is 61.1 Å². The molecule has 0 bridgehead atoms. The van der Waals surface area contributed by atoms with Crippen molar-refractivity contribution in [1.82, 2.24) is 14.5 Å². The van der Waals surface area contributed by atoms with Gasteiger partial charge in [0.2, 0.25) is 5.91 Å². The van der Waals surface area contributed by atoms with E-state index in [1.807, 2.05) is 47.0 Å². The second kappa shape index (κ2) is 10.0. The summed E-state index contributed by atoms with van der Waals surface area (Å²) in [6, 6.07) is 17.2. The topological polar surface area (TPSA) is 67.8 Å². The quantitative estimate of drug-likeness (QED) is 0.246. The van der Waals surface area contributed by atoms with E-state index in [1.54, 1.807) is 11.8 Å². The van der Waals surface area contributed by atoms with Crippen LogP contribution in [0.15, 0.2) is 69.4 Å². The fourth-order valence-electron chi connectivity index (χ4n) is 4.48. The zero-order valence-electron chi connectivity index (χ0n) is 18.7. The third-order valence-corrected chi connectivity index (χ3v) is 8.23. The van der Waals surface area contributed by atoms with Crippen molar-refractivity contribution in [3.8, 4) is 0 Å². The first-order chi connectivity index (χ1) is 16.5. The second-order valence-corrected chi connectivity index (χ2v) is 11.0. The van der Waals surface area contributed by atoms with Crippen LogP contribution in [0.2, 0.25) is 5.02 Å². The Kier molecular flexibility index (Phi) is 6.86. The Bertz CT molecular complexity index is 1410. The number of hydrogen-bond donors (Lipinski definition) is 1. The number of fused-ring (bicyclic) bond motifs is 3. The average Bonchev–Trinajstić information content (AvgIpc) is 3.16. The third kappa shape index (κ3) is 4.97. The average molecular weight is 510 g/mol. The summed E-state index contributed by atoms with van der Waals surface area (Å²) in [5, 5.41) is 2.33. The van der Waals surface area contributed by atoms with Crippen LogP contribution in [0.1, 0.15) is 35.1 Å². The molecule has 174 valence electrons. The Balaban J connectivity index is 1.33. The summed E-state index contributed by atoms with van der Waals surface area (Å²) in [6.45, 7) is 2.27. The van der Waals surface area contributed by atoms with Crippen LogP contribution in [-0.4, -0.2) is 26.2 Å². The fraction of sp³-hybridized carbons (Fsp3) is 0.269. The molecule has 0 aliphatic heterocycles. The van der Waals surface area contributed by atoms with Crippen LogP contribution in [0, 0.1) is 5.92 Å². The SMILES string of the molecule is CC1CCc2c(c3ccccc3n2C(=O)CSc2nc(CSc3ccc(Cl)cc3)cc(=O)[nH]2)C1. The smallest absolute Gasteiger partial charge is 0.251 e. The zero-order valence-corrected chi connectivity index (χ0v) is 21.1. The molecule has 34 heavy (non-hydrogen) atoms. The number of benzene rings is 2. The Labute approximate surface area is 211 Å². The summed E-state index contributed by atoms with van der Waals surface area (Å²) >= 11 is 8.81. The van der Waals surface area contributed by atoms with Gasteiger partial charge in [-0.1, -0.05) is 48.5 Å². The van der Waals surface area contributed by atoms with Crippen molar-refractivity contribution >= 4 is 51.9 Å². The van der Waals surface area contributed by atoms with E-state index in [-0.39, 0.29) is 17.2 Å². The van der Waals surface area contributed by atoms with Crippen LogP contribution < -0.4 is 5.56 Å². The van der Waals surface area contributed by atoms with E-state index in [4.69, 9.17) is 11.6 Å². The lowest BCUT2D eigenvalue weighted by Crippen LogP contribution is -2.20. The largest absolute Gasteiger partial charge is 0.301 e. The number of H-pyrrole nitrogens is 1. The maximum Gasteiger partial charge on any atom is 0.251 e. The van der Waals surface area contributed by atoms with Gasteiger partial charge in [-0.3, -0.25) is 14.2 Å². The van der Waals surface area contributed by atoms with Gasteiger partial charge in [-0.25, -0.2) is 4.98 Å². The number of aromatic nitrogens is 3. The van der Waals surface area contributed by atoms with Crippen molar-refractivity contribution in [2.45, 2.75) is 42.0 Å². The molecule has 1 atom stereocenters. The highest BCUT2D eigenvalue weighted by molar-refractivity contribution is 7.99. The van der Waals surface area contributed by atoms with Gasteiger partial charge >= 0.3 is 0 Å². The minimum atomic E-state index is -0.213. The van der Waals surface area contributed by atoms with Gasteiger partial charge in [0, 0.05) is 32.8 Å². The monoisotopic (exact) mass is 509 g/mol. The lowest BCUT2D eigenvalue weighted by atomic mass is 9.88. The lowest BCUT2D eigenvalue weighted by molar-refractivity contribution is 0.0943. The minimum absolute atomic E-state index is 0.0144. The summed E-state index contributed by atoms with van der Waals surface area (Å²) < 4.78 is 1.89. The molecule has 2 aromatic carbocycles. The van der Waals surface area contributed by atoms with E-state index < -0.39 is 0 Å². The molecule has 2 aromatic heterocycles. The molecule has 5 rings (SSSR count). The van der Waals surface area contributed by atoms with Gasteiger partial charge in [-0.2, -0.15) is 0 Å². The highest BCUT2D eigenvalue weighted by Crippen LogP contribution is 2.34. The maximum absolute atomic E-state index is 13.4. The molecule has 0 radical (unpaired) electrons. The van der Waals surface area contributed by atoms with Crippen molar-refractivity contribution in [2.75, 3.05) is 5.75 Å². The highest BCUT2D eigenvalue weighted by Gasteiger charge is 2.26. The highest BCUT2D eigenvalue weighted by atomic mass is 35.5. The van der Waals surface area contributed by atoms with Gasteiger partial charge in [0.05, 0.1) is 17.0 Å². The van der Waals surface area contributed by atoms with Crippen LogP contribution in [0.4, 0.5) is 0 Å². The Morgan fingerprint density at radius 2 is 1.97 bits per heavy atom. The van der Waals surface area contributed by atoms with Gasteiger partial charge in [0.15, 0.2) is 5.16 Å². The Morgan fingerprint density at radius 1 is 1.18 bits per heavy atom. The van der Waals surface area contributed by atoms with Crippen molar-refractivity contribution in [1.29, 1.82) is 0 Å². The van der Waals surface area contributed by atoms with E-state index in [2.05, 4.69) is 23.0 Å². The number of para-hydroxylation sites is 1. The molecule has 2 heterocycles. The number of nitrogens with one attached hydrogen (secondary N) is 1. The van der Waals surface area contributed by atoms with Gasteiger partial charge in [-0.15, -0.1) is 11.8 Å². The summed E-state index contributed by atoms with van der Waals surface area (Å²) in [5.41, 5.74) is 3.88. The molecule has 5 nitrogen and oxygen atoms in total. The summed E-state index contributed by atoms with van der Waals surface area (Å²) in [6.07, 6.45) is 3.01. The van der Waals surface area contributed by atoms with E-state index >= 15 is 0 Å². The normalized spacial score (nSPS) is 15.4.